The Kier molecular flexibility index (Phi) is 2.50. The second-order valence-electron chi connectivity index (χ2n) is 4.60. The molecule has 1 unspecified atom stereocenters. The third kappa shape index (κ3) is 2.46. The highest BCUT2D eigenvalue weighted by Gasteiger charge is 2.47. The van der Waals surface area contributed by atoms with Crippen molar-refractivity contribution in [1.82, 2.24) is 0 Å². The number of hydrogen-bond acceptors (Lipinski definition) is 2. The molecule has 0 saturated carbocycles. The lowest BCUT2D eigenvalue weighted by molar-refractivity contribution is 0.0428. The minimum atomic E-state index is -0.498. The Morgan fingerprint density at radius 3 is 2.33 bits per heavy atom. The van der Waals surface area contributed by atoms with Gasteiger partial charge in [-0.25, -0.2) is 0 Å². The molecule has 1 saturated heterocycles. The first-order valence-electron chi connectivity index (χ1n) is 4.77. The first-order valence-corrected chi connectivity index (χ1v) is 4.77. The molecule has 0 aromatic carbocycles. The minimum Gasteiger partial charge on any atom is -0.390 e. The van der Waals surface area contributed by atoms with Crippen molar-refractivity contribution in [1.29, 1.82) is 0 Å². The zero-order chi connectivity index (χ0) is 9.41. The molecule has 72 valence electrons. The Morgan fingerprint density at radius 2 is 2.00 bits per heavy atom. The topological polar surface area (TPSA) is 32.8 Å². The number of ether oxygens (including phenoxy) is 1. The van der Waals surface area contributed by atoms with E-state index in [-0.39, 0.29) is 5.60 Å². The molecule has 0 radical (unpaired) electrons. The van der Waals surface area contributed by atoms with Crippen molar-refractivity contribution in [3.05, 3.63) is 0 Å². The summed E-state index contributed by atoms with van der Waals surface area (Å²) in [4.78, 5) is 0. The average Bonchev–Trinajstić information content (AvgIpc) is 2.56. The van der Waals surface area contributed by atoms with Crippen LogP contribution in [0.15, 0.2) is 0 Å². The Morgan fingerprint density at radius 1 is 1.50 bits per heavy atom. The summed E-state index contributed by atoms with van der Waals surface area (Å²) in [6, 6.07) is 0. The monoisotopic (exact) mass is 172 g/mol. The van der Waals surface area contributed by atoms with Crippen molar-refractivity contribution < 1.29 is 9.84 Å². The predicted molar refractivity (Wildman–Crippen MR) is 49.1 cm³/mol. The van der Waals surface area contributed by atoms with E-state index in [1.54, 1.807) is 0 Å². The van der Waals surface area contributed by atoms with Crippen LogP contribution in [0.4, 0.5) is 0 Å². The maximum absolute atomic E-state index is 9.71. The van der Waals surface area contributed by atoms with Crippen molar-refractivity contribution >= 4 is 0 Å². The maximum Gasteiger partial charge on any atom is 0.0892 e. The molecule has 0 amide bonds. The van der Waals surface area contributed by atoms with E-state index >= 15 is 0 Å². The summed E-state index contributed by atoms with van der Waals surface area (Å²) in [5.74, 6) is 0. The lowest BCUT2D eigenvalue weighted by Crippen LogP contribution is -2.23. The van der Waals surface area contributed by atoms with E-state index in [4.69, 9.17) is 4.74 Å². The van der Waals surface area contributed by atoms with Crippen molar-refractivity contribution in [2.75, 3.05) is 0 Å². The molecule has 1 rings (SSSR count). The third-order valence-corrected chi connectivity index (χ3v) is 2.87. The van der Waals surface area contributed by atoms with Crippen LogP contribution in [-0.2, 0) is 4.74 Å². The highest BCUT2D eigenvalue weighted by Crippen LogP contribution is 2.39. The molecular formula is C10H20O2. The van der Waals surface area contributed by atoms with E-state index in [9.17, 15) is 5.11 Å². The summed E-state index contributed by atoms with van der Waals surface area (Å²) < 4.78 is 5.43. The number of hydrogen-bond donors (Lipinski definition) is 1. The second-order valence-corrected chi connectivity index (χ2v) is 4.60. The van der Waals surface area contributed by atoms with Gasteiger partial charge in [0, 0.05) is 0 Å². The Balaban J connectivity index is 2.19. The Hall–Kier alpha value is -0.0800. The van der Waals surface area contributed by atoms with Crippen LogP contribution in [0.1, 0.15) is 47.0 Å². The van der Waals surface area contributed by atoms with E-state index in [1.165, 1.54) is 0 Å². The molecule has 1 heterocycles. The van der Waals surface area contributed by atoms with Gasteiger partial charge in [-0.05, 0) is 40.0 Å². The van der Waals surface area contributed by atoms with Crippen LogP contribution in [0.5, 0.6) is 0 Å². The van der Waals surface area contributed by atoms with Gasteiger partial charge in [-0.1, -0.05) is 6.92 Å². The summed E-state index contributed by atoms with van der Waals surface area (Å²) in [5, 5.41) is 9.71. The van der Waals surface area contributed by atoms with Crippen molar-refractivity contribution in [2.24, 2.45) is 0 Å². The number of rotatable bonds is 4. The van der Waals surface area contributed by atoms with E-state index in [0.29, 0.717) is 6.10 Å². The van der Waals surface area contributed by atoms with Crippen LogP contribution >= 0.6 is 0 Å². The minimum absolute atomic E-state index is 0.0732. The first kappa shape index (κ1) is 10.0. The lowest BCUT2D eigenvalue weighted by atomic mass is 9.94. The van der Waals surface area contributed by atoms with Crippen molar-refractivity contribution in [3.63, 3.8) is 0 Å². The highest BCUT2D eigenvalue weighted by atomic mass is 16.6. The fraction of sp³-hybridized carbons (Fsp3) is 1.00. The summed E-state index contributed by atoms with van der Waals surface area (Å²) in [7, 11) is 0. The average molecular weight is 172 g/mol. The molecule has 0 bridgehead atoms. The SMILES string of the molecule is CC[C@](C)(O)CCC1OC1(C)C. The summed E-state index contributed by atoms with van der Waals surface area (Å²) in [5.41, 5.74) is -0.425. The first-order chi connectivity index (χ1) is 5.37. The largest absolute Gasteiger partial charge is 0.390 e. The smallest absolute Gasteiger partial charge is 0.0892 e. The fourth-order valence-electron chi connectivity index (χ4n) is 1.36. The molecule has 1 aliphatic rings. The van der Waals surface area contributed by atoms with Gasteiger partial charge in [0.15, 0.2) is 0 Å². The molecular weight excluding hydrogens is 152 g/mol. The molecule has 0 aromatic rings. The standard InChI is InChI=1S/C10H20O2/c1-5-10(4,11)7-6-8-9(2,3)12-8/h8,11H,5-7H2,1-4H3/t8?,10-/m0/s1. The van der Waals surface area contributed by atoms with Crippen molar-refractivity contribution in [3.8, 4) is 0 Å². The number of aliphatic hydroxyl groups is 1. The van der Waals surface area contributed by atoms with E-state index in [1.807, 2.05) is 13.8 Å². The van der Waals surface area contributed by atoms with Crippen molar-refractivity contribution in [2.45, 2.75) is 64.3 Å². The van der Waals surface area contributed by atoms with Crippen LogP contribution < -0.4 is 0 Å². The highest BCUT2D eigenvalue weighted by molar-refractivity contribution is 4.95. The van der Waals surface area contributed by atoms with Gasteiger partial charge >= 0.3 is 0 Å². The van der Waals surface area contributed by atoms with Gasteiger partial charge in [-0.3, -0.25) is 0 Å². The maximum atomic E-state index is 9.71. The molecule has 1 N–H and O–H groups in total. The molecule has 2 heteroatoms. The molecule has 0 spiro atoms. The van der Waals surface area contributed by atoms with Crippen LogP contribution in [-0.4, -0.2) is 22.4 Å². The molecule has 12 heavy (non-hydrogen) atoms. The second kappa shape index (κ2) is 3.00. The van der Waals surface area contributed by atoms with Gasteiger partial charge in [0.25, 0.3) is 0 Å². The van der Waals surface area contributed by atoms with E-state index in [0.717, 1.165) is 19.3 Å². The molecule has 0 aliphatic carbocycles. The quantitative estimate of drug-likeness (QED) is 0.659. The predicted octanol–water partition coefficient (Wildman–Crippen LogP) is 2.10. The molecule has 2 atom stereocenters. The number of epoxide rings is 1. The Labute approximate surface area is 74.9 Å². The van der Waals surface area contributed by atoms with Crippen LogP contribution in [0, 0.1) is 0 Å². The van der Waals surface area contributed by atoms with Gasteiger partial charge in [-0.2, -0.15) is 0 Å². The fourth-order valence-corrected chi connectivity index (χ4v) is 1.36. The molecule has 0 aromatic heterocycles. The van der Waals surface area contributed by atoms with Crippen LogP contribution in [0.3, 0.4) is 0 Å². The Bertz CT molecular complexity index is 161. The lowest BCUT2D eigenvalue weighted by Gasteiger charge is -2.20. The molecule has 1 fully saturated rings. The van der Waals surface area contributed by atoms with Gasteiger partial charge in [0.1, 0.15) is 0 Å². The van der Waals surface area contributed by atoms with E-state index in [2.05, 4.69) is 13.8 Å². The zero-order valence-corrected chi connectivity index (χ0v) is 8.55. The normalized spacial score (nSPS) is 31.2. The van der Waals surface area contributed by atoms with Gasteiger partial charge < -0.3 is 9.84 Å². The third-order valence-electron chi connectivity index (χ3n) is 2.87. The summed E-state index contributed by atoms with van der Waals surface area (Å²) in [6.45, 7) is 8.10. The van der Waals surface area contributed by atoms with Crippen LogP contribution in [0.25, 0.3) is 0 Å². The zero-order valence-electron chi connectivity index (χ0n) is 8.55. The summed E-state index contributed by atoms with van der Waals surface area (Å²) >= 11 is 0. The van der Waals surface area contributed by atoms with Gasteiger partial charge in [0.05, 0.1) is 17.3 Å². The molecule has 2 nitrogen and oxygen atoms in total. The summed E-state index contributed by atoms with van der Waals surface area (Å²) in [6.07, 6.45) is 3.02. The molecule has 1 aliphatic heterocycles. The van der Waals surface area contributed by atoms with Gasteiger partial charge in [-0.15, -0.1) is 0 Å². The van der Waals surface area contributed by atoms with E-state index < -0.39 is 5.60 Å². The van der Waals surface area contributed by atoms with Crippen LogP contribution in [0.2, 0.25) is 0 Å². The van der Waals surface area contributed by atoms with Gasteiger partial charge in [0.2, 0.25) is 0 Å².